The molecule has 33 heavy (non-hydrogen) atoms. The molecule has 0 N–H and O–H groups in total. The molecule has 172 valence electrons. The number of carbonyl (C=O) groups is 1. The van der Waals surface area contributed by atoms with Crippen molar-refractivity contribution in [2.45, 2.75) is 45.8 Å². The molecule has 1 amide bonds. The van der Waals surface area contributed by atoms with E-state index >= 15 is 0 Å². The summed E-state index contributed by atoms with van der Waals surface area (Å²) < 4.78 is 11.8. The Morgan fingerprint density at radius 1 is 1.06 bits per heavy atom. The van der Waals surface area contributed by atoms with E-state index in [1.54, 1.807) is 7.11 Å². The van der Waals surface area contributed by atoms with Crippen LogP contribution >= 0.6 is 23.2 Å². The second-order valence-corrected chi connectivity index (χ2v) is 9.21. The number of nitrogens with zero attached hydrogens (tertiary/aromatic N) is 1. The van der Waals surface area contributed by atoms with Crippen LogP contribution in [-0.2, 0) is 11.2 Å². The molecule has 1 unspecified atom stereocenters. The van der Waals surface area contributed by atoms with Crippen LogP contribution in [0.2, 0.25) is 10.0 Å². The lowest BCUT2D eigenvalue weighted by Crippen LogP contribution is -2.41. The van der Waals surface area contributed by atoms with E-state index in [-0.39, 0.29) is 24.5 Å². The van der Waals surface area contributed by atoms with Gasteiger partial charge in [-0.1, -0.05) is 48.3 Å². The maximum Gasteiger partial charge on any atom is 0.232 e. The number of rotatable bonds is 6. The van der Waals surface area contributed by atoms with Gasteiger partial charge in [-0.3, -0.25) is 4.79 Å². The molecule has 1 heterocycles. The Bertz CT molecular complexity index is 1180. The second kappa shape index (κ2) is 9.66. The van der Waals surface area contributed by atoms with Gasteiger partial charge in [0.25, 0.3) is 0 Å². The normalized spacial score (nSPS) is 16.4. The zero-order valence-corrected chi connectivity index (χ0v) is 20.7. The molecule has 1 aliphatic rings. The van der Waals surface area contributed by atoms with Gasteiger partial charge in [0.2, 0.25) is 5.91 Å². The standard InChI is InChI=1S/C27H27Cl2NO3/c1-5-17(3)33-25-15-22-19(12-24(25)32-4)13-26(31)30(21-11-6-16(2)23(29)14-21)27(22)18-7-9-20(28)10-8-18/h6-12,14-15,17,27H,5,13H2,1-4H3/t17-,27?/m1/s1. The fourth-order valence-electron chi connectivity index (χ4n) is 4.11. The van der Waals surface area contributed by atoms with Crippen molar-refractivity contribution in [2.75, 3.05) is 12.0 Å². The van der Waals surface area contributed by atoms with E-state index in [2.05, 4.69) is 6.92 Å². The summed E-state index contributed by atoms with van der Waals surface area (Å²) in [6, 6.07) is 16.9. The van der Waals surface area contributed by atoms with Crippen molar-refractivity contribution < 1.29 is 14.3 Å². The summed E-state index contributed by atoms with van der Waals surface area (Å²) >= 11 is 12.6. The number of fused-ring (bicyclic) bond motifs is 1. The van der Waals surface area contributed by atoms with Gasteiger partial charge in [0, 0.05) is 15.7 Å². The highest BCUT2D eigenvalue weighted by molar-refractivity contribution is 6.31. The molecule has 4 rings (SSSR count). The highest BCUT2D eigenvalue weighted by atomic mass is 35.5. The van der Waals surface area contributed by atoms with Gasteiger partial charge in [-0.25, -0.2) is 0 Å². The van der Waals surface area contributed by atoms with Crippen molar-refractivity contribution in [3.05, 3.63) is 86.9 Å². The summed E-state index contributed by atoms with van der Waals surface area (Å²) in [7, 11) is 1.62. The van der Waals surface area contributed by atoms with Crippen LogP contribution in [0.1, 0.15) is 48.6 Å². The molecule has 0 spiro atoms. The molecule has 0 saturated heterocycles. The fourth-order valence-corrected chi connectivity index (χ4v) is 4.41. The molecular weight excluding hydrogens is 457 g/mol. The SMILES string of the molecule is CC[C@@H](C)Oc1cc2c(cc1OC)CC(=O)N(c1ccc(C)c(Cl)c1)C2c1ccc(Cl)cc1. The molecular formula is C27H27Cl2NO3. The Labute approximate surface area is 205 Å². The number of amides is 1. The van der Waals surface area contributed by atoms with Crippen molar-refractivity contribution in [1.82, 2.24) is 0 Å². The number of methoxy groups -OCH3 is 1. The third-order valence-electron chi connectivity index (χ3n) is 6.11. The number of anilines is 1. The van der Waals surface area contributed by atoms with Crippen LogP contribution in [0.15, 0.2) is 54.6 Å². The zero-order valence-electron chi connectivity index (χ0n) is 19.2. The average Bonchev–Trinajstić information content (AvgIpc) is 2.80. The minimum Gasteiger partial charge on any atom is -0.493 e. The van der Waals surface area contributed by atoms with Crippen molar-refractivity contribution >= 4 is 34.8 Å². The summed E-state index contributed by atoms with van der Waals surface area (Å²) in [5, 5.41) is 1.26. The highest BCUT2D eigenvalue weighted by Crippen LogP contribution is 2.44. The Kier molecular flexibility index (Phi) is 6.87. The molecule has 0 aromatic heterocycles. The lowest BCUT2D eigenvalue weighted by atomic mass is 9.86. The first-order valence-corrected chi connectivity index (χ1v) is 11.8. The lowest BCUT2D eigenvalue weighted by molar-refractivity contribution is -0.118. The number of hydrogen-bond acceptors (Lipinski definition) is 3. The van der Waals surface area contributed by atoms with Crippen molar-refractivity contribution in [1.29, 1.82) is 0 Å². The van der Waals surface area contributed by atoms with Crippen LogP contribution < -0.4 is 14.4 Å². The molecule has 1 aliphatic heterocycles. The second-order valence-electron chi connectivity index (χ2n) is 8.37. The molecule has 0 aliphatic carbocycles. The van der Waals surface area contributed by atoms with E-state index < -0.39 is 0 Å². The molecule has 6 heteroatoms. The quantitative estimate of drug-likeness (QED) is 0.373. The third-order valence-corrected chi connectivity index (χ3v) is 6.77. The van der Waals surface area contributed by atoms with Gasteiger partial charge in [0.15, 0.2) is 11.5 Å². The van der Waals surface area contributed by atoms with Gasteiger partial charge in [-0.2, -0.15) is 0 Å². The maximum absolute atomic E-state index is 13.5. The Balaban J connectivity index is 1.92. The smallest absolute Gasteiger partial charge is 0.232 e. The van der Waals surface area contributed by atoms with E-state index in [0.717, 1.165) is 34.4 Å². The van der Waals surface area contributed by atoms with Crippen molar-refractivity contribution in [3.8, 4) is 11.5 Å². The molecule has 0 fully saturated rings. The predicted octanol–water partition coefficient (Wildman–Crippen LogP) is 7.17. The number of ether oxygens (including phenoxy) is 2. The van der Waals surface area contributed by atoms with Gasteiger partial charge in [-0.15, -0.1) is 0 Å². The van der Waals surface area contributed by atoms with Crippen LogP contribution in [-0.4, -0.2) is 19.1 Å². The summed E-state index contributed by atoms with van der Waals surface area (Å²) in [5.74, 6) is 1.28. The molecule has 0 radical (unpaired) electrons. The van der Waals surface area contributed by atoms with Gasteiger partial charge in [0.05, 0.1) is 25.7 Å². The molecule has 3 aromatic rings. The number of hydrogen-bond donors (Lipinski definition) is 0. The lowest BCUT2D eigenvalue weighted by Gasteiger charge is -2.38. The minimum atomic E-state index is -0.359. The molecule has 0 bridgehead atoms. The van der Waals surface area contributed by atoms with Crippen LogP contribution in [0.5, 0.6) is 11.5 Å². The fraction of sp³-hybridized carbons (Fsp3) is 0.296. The Hall–Kier alpha value is -2.69. The van der Waals surface area contributed by atoms with Gasteiger partial charge in [-0.05, 0) is 78.9 Å². The summed E-state index contributed by atoms with van der Waals surface area (Å²) in [6.07, 6.45) is 1.15. The van der Waals surface area contributed by atoms with E-state index in [1.165, 1.54) is 0 Å². The van der Waals surface area contributed by atoms with Crippen molar-refractivity contribution in [3.63, 3.8) is 0 Å². The average molecular weight is 484 g/mol. The number of halogens is 2. The van der Waals surface area contributed by atoms with E-state index in [4.69, 9.17) is 32.7 Å². The Morgan fingerprint density at radius 2 is 1.79 bits per heavy atom. The van der Waals surface area contributed by atoms with Gasteiger partial charge in [0.1, 0.15) is 0 Å². The third kappa shape index (κ3) is 4.68. The molecule has 4 nitrogen and oxygen atoms in total. The largest absolute Gasteiger partial charge is 0.493 e. The summed E-state index contributed by atoms with van der Waals surface area (Å²) in [5.41, 5.74) is 4.57. The summed E-state index contributed by atoms with van der Waals surface area (Å²) in [6.45, 7) is 6.05. The van der Waals surface area contributed by atoms with E-state index in [9.17, 15) is 4.79 Å². The van der Waals surface area contributed by atoms with Crippen LogP contribution in [0.3, 0.4) is 0 Å². The topological polar surface area (TPSA) is 38.8 Å². The number of aryl methyl sites for hydroxylation is 1. The van der Waals surface area contributed by atoms with E-state index in [0.29, 0.717) is 21.5 Å². The molecule has 3 aromatic carbocycles. The number of benzene rings is 3. The number of carbonyl (C=O) groups excluding carboxylic acids is 1. The van der Waals surface area contributed by atoms with Gasteiger partial charge < -0.3 is 14.4 Å². The minimum absolute atomic E-state index is 0.0139. The Morgan fingerprint density at radius 3 is 2.42 bits per heavy atom. The van der Waals surface area contributed by atoms with Gasteiger partial charge >= 0.3 is 0 Å². The van der Waals surface area contributed by atoms with Crippen LogP contribution in [0.4, 0.5) is 5.69 Å². The van der Waals surface area contributed by atoms with Crippen LogP contribution in [0, 0.1) is 6.92 Å². The first-order chi connectivity index (χ1) is 15.8. The van der Waals surface area contributed by atoms with Crippen molar-refractivity contribution in [2.24, 2.45) is 0 Å². The molecule has 2 atom stereocenters. The summed E-state index contributed by atoms with van der Waals surface area (Å²) in [4.78, 5) is 15.3. The highest BCUT2D eigenvalue weighted by Gasteiger charge is 2.36. The zero-order chi connectivity index (χ0) is 23.7. The first kappa shape index (κ1) is 23.5. The first-order valence-electron chi connectivity index (χ1n) is 11.0. The monoisotopic (exact) mass is 483 g/mol. The van der Waals surface area contributed by atoms with E-state index in [1.807, 2.05) is 73.3 Å². The van der Waals surface area contributed by atoms with Crippen LogP contribution in [0.25, 0.3) is 0 Å². The predicted molar refractivity (Wildman–Crippen MR) is 134 cm³/mol. The molecule has 0 saturated carbocycles. The maximum atomic E-state index is 13.5.